The van der Waals surface area contributed by atoms with Crippen LogP contribution < -0.4 is 9.50 Å². The molecule has 38 heavy (non-hydrogen) atoms. The molecule has 11 heteroatoms. The van der Waals surface area contributed by atoms with E-state index >= 15 is 0 Å². The second-order valence-corrected chi connectivity index (χ2v) is 11.2. The first kappa shape index (κ1) is 27.9. The average molecular weight is 577 g/mol. The van der Waals surface area contributed by atoms with E-state index in [2.05, 4.69) is 5.32 Å². The minimum absolute atomic E-state index is 0.0107. The van der Waals surface area contributed by atoms with Gasteiger partial charge in [0.05, 0.1) is 16.7 Å². The molecule has 1 fully saturated rings. The third-order valence-electron chi connectivity index (χ3n) is 5.89. The van der Waals surface area contributed by atoms with Gasteiger partial charge in [0.15, 0.2) is 0 Å². The summed E-state index contributed by atoms with van der Waals surface area (Å²) in [7, 11) is -4.24. The van der Waals surface area contributed by atoms with Crippen molar-refractivity contribution in [3.8, 4) is 5.75 Å². The number of carbonyl (C=O) groups excluding carboxylic acids is 2. The number of nitrogens with one attached hydrogen (secondary N) is 1. The Hall–Kier alpha value is -3.11. The lowest BCUT2D eigenvalue weighted by Gasteiger charge is -2.27. The minimum Gasteiger partial charge on any atom is -0.379 e. The fourth-order valence-corrected chi connectivity index (χ4v) is 5.47. The topological polar surface area (TPSA) is 102 Å². The van der Waals surface area contributed by atoms with Crippen LogP contribution in [-0.4, -0.2) is 44.4 Å². The summed E-state index contributed by atoms with van der Waals surface area (Å²) in [6.45, 7) is 2.27. The van der Waals surface area contributed by atoms with Crippen LogP contribution in [0.3, 0.4) is 0 Å². The van der Waals surface area contributed by atoms with Gasteiger partial charge in [0.1, 0.15) is 10.6 Å². The zero-order valence-electron chi connectivity index (χ0n) is 20.5. The Morgan fingerprint density at radius 2 is 1.82 bits per heavy atom. The maximum atomic E-state index is 13.5. The summed E-state index contributed by atoms with van der Waals surface area (Å²) in [5.74, 6) is -0.570. The number of hydrogen-bond acceptors (Lipinski definition) is 6. The summed E-state index contributed by atoms with van der Waals surface area (Å²) < 4.78 is 37.4. The summed E-state index contributed by atoms with van der Waals surface area (Å²) in [5, 5.41) is 3.24. The molecule has 1 aliphatic rings. The molecule has 0 bridgehead atoms. The predicted octanol–water partition coefficient (Wildman–Crippen LogP) is 5.54. The second kappa shape index (κ2) is 12.2. The van der Waals surface area contributed by atoms with Crippen LogP contribution in [0.1, 0.15) is 35.7 Å². The van der Waals surface area contributed by atoms with Crippen LogP contribution in [0.25, 0.3) is 0 Å². The lowest BCUT2D eigenvalue weighted by molar-refractivity contribution is -0.114. The first-order valence-electron chi connectivity index (χ1n) is 11.9. The van der Waals surface area contributed by atoms with E-state index in [9.17, 15) is 18.0 Å². The molecule has 1 atom stereocenters. The minimum atomic E-state index is -4.24. The van der Waals surface area contributed by atoms with Gasteiger partial charge in [-0.1, -0.05) is 35.3 Å². The van der Waals surface area contributed by atoms with E-state index in [1.165, 1.54) is 43.3 Å². The van der Waals surface area contributed by atoms with E-state index in [4.69, 9.17) is 32.1 Å². The summed E-state index contributed by atoms with van der Waals surface area (Å²) in [6, 6.07) is 16.9. The van der Waals surface area contributed by atoms with Crippen molar-refractivity contribution in [3.63, 3.8) is 0 Å². The van der Waals surface area contributed by atoms with Crippen molar-refractivity contribution in [1.82, 2.24) is 4.90 Å². The van der Waals surface area contributed by atoms with Gasteiger partial charge in [-0.15, -0.1) is 0 Å². The molecule has 0 unspecified atom stereocenters. The highest BCUT2D eigenvalue weighted by Crippen LogP contribution is 2.30. The zero-order valence-corrected chi connectivity index (χ0v) is 22.9. The standard InChI is InChI=1S/C27H26Cl2N2O6S/c1-18(32)30-21-9-11-23(12-10-21)38(34,35)37-26-13-8-20(28)15-19(26)16-31(17-22-5-4-14-36-22)27(33)24-6-2-3-7-25(24)29/h2-3,6-13,15,22H,4-5,14,16-17H2,1H3,(H,30,32)/t22-/m0/s1. The van der Waals surface area contributed by atoms with Crippen LogP contribution in [0.5, 0.6) is 5.75 Å². The fraction of sp³-hybridized carbons (Fsp3) is 0.259. The van der Waals surface area contributed by atoms with Crippen LogP contribution in [0, 0.1) is 0 Å². The summed E-state index contributed by atoms with van der Waals surface area (Å²) in [5.41, 5.74) is 1.17. The number of carbonyl (C=O) groups is 2. The molecule has 3 aromatic carbocycles. The van der Waals surface area contributed by atoms with Crippen LogP contribution in [0.2, 0.25) is 10.0 Å². The summed E-state index contributed by atoms with van der Waals surface area (Å²) in [4.78, 5) is 26.2. The van der Waals surface area contributed by atoms with Crippen molar-refractivity contribution in [1.29, 1.82) is 0 Å². The van der Waals surface area contributed by atoms with Crippen molar-refractivity contribution in [2.45, 2.75) is 37.3 Å². The first-order valence-corrected chi connectivity index (χ1v) is 14.0. The van der Waals surface area contributed by atoms with Crippen molar-refractivity contribution in [2.75, 3.05) is 18.5 Å². The molecular formula is C27H26Cl2N2O6S. The molecule has 1 aliphatic heterocycles. The second-order valence-electron chi connectivity index (χ2n) is 8.80. The van der Waals surface area contributed by atoms with Gasteiger partial charge >= 0.3 is 10.1 Å². The molecule has 3 aromatic rings. The number of amides is 2. The maximum absolute atomic E-state index is 13.5. The highest BCUT2D eigenvalue weighted by molar-refractivity contribution is 7.87. The highest BCUT2D eigenvalue weighted by Gasteiger charge is 2.27. The van der Waals surface area contributed by atoms with Crippen molar-refractivity contribution < 1.29 is 26.9 Å². The molecule has 4 rings (SSSR count). The van der Waals surface area contributed by atoms with Gasteiger partial charge in [-0.2, -0.15) is 8.42 Å². The number of hydrogen-bond donors (Lipinski definition) is 1. The van der Waals surface area contributed by atoms with Crippen LogP contribution >= 0.6 is 23.2 Å². The third-order valence-corrected chi connectivity index (χ3v) is 7.70. The molecule has 200 valence electrons. The molecule has 0 saturated carbocycles. The lowest BCUT2D eigenvalue weighted by atomic mass is 10.1. The third kappa shape index (κ3) is 7.05. The number of rotatable bonds is 9. The highest BCUT2D eigenvalue weighted by atomic mass is 35.5. The van der Waals surface area contributed by atoms with E-state index in [-0.39, 0.29) is 41.7 Å². The Balaban J connectivity index is 1.62. The molecule has 0 aliphatic carbocycles. The smallest absolute Gasteiger partial charge is 0.339 e. The number of halogens is 2. The normalized spacial score (nSPS) is 15.2. The first-order chi connectivity index (χ1) is 18.1. The van der Waals surface area contributed by atoms with Gasteiger partial charge in [0.25, 0.3) is 5.91 Å². The molecular weight excluding hydrogens is 551 g/mol. The van der Waals surface area contributed by atoms with Crippen molar-refractivity contribution in [3.05, 3.63) is 87.9 Å². The summed E-state index contributed by atoms with van der Waals surface area (Å²) in [6.07, 6.45) is 1.54. The molecule has 0 aromatic heterocycles. The van der Waals surface area contributed by atoms with Gasteiger partial charge in [0.2, 0.25) is 5.91 Å². The summed E-state index contributed by atoms with van der Waals surface area (Å²) >= 11 is 12.6. The van der Waals surface area contributed by atoms with E-state index in [1.807, 2.05) is 0 Å². The van der Waals surface area contributed by atoms with Crippen LogP contribution in [0.4, 0.5) is 5.69 Å². The zero-order chi connectivity index (χ0) is 27.3. The largest absolute Gasteiger partial charge is 0.379 e. The van der Waals surface area contributed by atoms with Gasteiger partial charge in [0, 0.05) is 42.9 Å². The SMILES string of the molecule is CC(=O)Nc1ccc(S(=O)(=O)Oc2ccc(Cl)cc2CN(C[C@@H]2CCCO2)C(=O)c2ccccc2Cl)cc1. The molecule has 1 saturated heterocycles. The number of benzene rings is 3. The fourth-order valence-electron chi connectivity index (χ4n) is 4.09. The quantitative estimate of drug-likeness (QED) is 0.335. The molecule has 0 radical (unpaired) electrons. The van der Waals surface area contributed by atoms with E-state index in [0.717, 1.165) is 12.8 Å². The molecule has 2 amide bonds. The molecule has 8 nitrogen and oxygen atoms in total. The molecule has 1 heterocycles. The van der Waals surface area contributed by atoms with Crippen LogP contribution in [-0.2, 0) is 26.2 Å². The van der Waals surface area contributed by atoms with E-state index in [0.29, 0.717) is 33.5 Å². The Labute approximate surface area is 231 Å². The number of ether oxygens (including phenoxy) is 1. The van der Waals surface area contributed by atoms with E-state index < -0.39 is 10.1 Å². The Morgan fingerprint density at radius 3 is 2.47 bits per heavy atom. The Morgan fingerprint density at radius 1 is 1.08 bits per heavy atom. The van der Waals surface area contributed by atoms with Gasteiger partial charge in [-0.3, -0.25) is 9.59 Å². The lowest BCUT2D eigenvalue weighted by Crippen LogP contribution is -2.37. The predicted molar refractivity (Wildman–Crippen MR) is 145 cm³/mol. The van der Waals surface area contributed by atoms with E-state index in [1.54, 1.807) is 35.2 Å². The number of nitrogens with zero attached hydrogens (tertiary/aromatic N) is 1. The average Bonchev–Trinajstić information content (AvgIpc) is 3.38. The number of anilines is 1. The van der Waals surface area contributed by atoms with Gasteiger partial charge in [-0.25, -0.2) is 0 Å². The van der Waals surface area contributed by atoms with Crippen LogP contribution in [0.15, 0.2) is 71.6 Å². The van der Waals surface area contributed by atoms with Crippen molar-refractivity contribution >= 4 is 50.8 Å². The van der Waals surface area contributed by atoms with Gasteiger partial charge in [-0.05, 0) is 67.4 Å². The monoisotopic (exact) mass is 576 g/mol. The van der Waals surface area contributed by atoms with Gasteiger partial charge < -0.3 is 19.1 Å². The Kier molecular flexibility index (Phi) is 8.94. The molecule has 1 N–H and O–H groups in total. The molecule has 0 spiro atoms. The maximum Gasteiger partial charge on any atom is 0.339 e. The van der Waals surface area contributed by atoms with Crippen molar-refractivity contribution in [2.24, 2.45) is 0 Å². The Bertz CT molecular complexity index is 1420.